The summed E-state index contributed by atoms with van der Waals surface area (Å²) in [4.78, 5) is 0. The molecular weight excluding hydrogens is 205 g/mol. The van der Waals surface area contributed by atoms with Gasteiger partial charge in [-0.1, -0.05) is 12.1 Å². The second kappa shape index (κ2) is 5.41. The molecule has 0 radical (unpaired) electrons. The van der Waals surface area contributed by atoms with Crippen LogP contribution in [0.1, 0.15) is 38.3 Å². The molecule has 0 saturated heterocycles. The van der Waals surface area contributed by atoms with E-state index in [-0.39, 0.29) is 17.5 Å². The minimum atomic E-state index is -0.229. The van der Waals surface area contributed by atoms with Crippen LogP contribution in [-0.2, 0) is 4.74 Å². The third-order valence-corrected chi connectivity index (χ3v) is 2.91. The molecule has 0 aliphatic carbocycles. The van der Waals surface area contributed by atoms with Crippen molar-refractivity contribution in [2.24, 2.45) is 5.73 Å². The van der Waals surface area contributed by atoms with E-state index in [1.165, 1.54) is 12.1 Å². The Morgan fingerprint density at radius 3 is 2.38 bits per heavy atom. The largest absolute Gasteiger partial charge is 0.379 e. The van der Waals surface area contributed by atoms with Gasteiger partial charge >= 0.3 is 0 Å². The van der Waals surface area contributed by atoms with Gasteiger partial charge in [0, 0.05) is 13.2 Å². The zero-order valence-electron chi connectivity index (χ0n) is 10.2. The second-order valence-electron chi connectivity index (χ2n) is 4.66. The van der Waals surface area contributed by atoms with Crippen LogP contribution < -0.4 is 5.73 Å². The quantitative estimate of drug-likeness (QED) is 0.836. The first-order chi connectivity index (χ1) is 7.44. The van der Waals surface area contributed by atoms with Crippen molar-refractivity contribution in [3.63, 3.8) is 0 Å². The van der Waals surface area contributed by atoms with Gasteiger partial charge < -0.3 is 10.5 Å². The number of rotatable bonds is 5. The monoisotopic (exact) mass is 225 g/mol. The second-order valence-corrected chi connectivity index (χ2v) is 4.66. The van der Waals surface area contributed by atoms with Crippen molar-refractivity contribution in [1.29, 1.82) is 0 Å². The summed E-state index contributed by atoms with van der Waals surface area (Å²) in [6.45, 7) is 4.06. The summed E-state index contributed by atoms with van der Waals surface area (Å²) in [7, 11) is 1.70. The van der Waals surface area contributed by atoms with E-state index in [9.17, 15) is 4.39 Å². The summed E-state index contributed by atoms with van der Waals surface area (Å²) in [5, 5.41) is 0. The summed E-state index contributed by atoms with van der Waals surface area (Å²) in [6.07, 6.45) is 1.70. The van der Waals surface area contributed by atoms with Crippen LogP contribution in [-0.4, -0.2) is 12.7 Å². The molecule has 0 heterocycles. The Hall–Kier alpha value is -0.930. The van der Waals surface area contributed by atoms with Crippen LogP contribution in [0.2, 0.25) is 0 Å². The SMILES string of the molecule is COC(C)(C)CCC(N)c1ccc(F)cc1. The molecule has 0 saturated carbocycles. The van der Waals surface area contributed by atoms with Gasteiger partial charge in [0.15, 0.2) is 0 Å². The van der Waals surface area contributed by atoms with E-state index in [0.29, 0.717) is 0 Å². The average Bonchev–Trinajstić information content (AvgIpc) is 2.27. The molecular formula is C13H20FNO. The highest BCUT2D eigenvalue weighted by Crippen LogP contribution is 2.22. The lowest BCUT2D eigenvalue weighted by Crippen LogP contribution is -2.24. The molecule has 2 nitrogen and oxygen atoms in total. The highest BCUT2D eigenvalue weighted by molar-refractivity contribution is 5.19. The summed E-state index contributed by atoms with van der Waals surface area (Å²) in [5.41, 5.74) is 6.84. The van der Waals surface area contributed by atoms with Gasteiger partial charge in [0.25, 0.3) is 0 Å². The van der Waals surface area contributed by atoms with Crippen molar-refractivity contribution in [3.8, 4) is 0 Å². The lowest BCUT2D eigenvalue weighted by molar-refractivity contribution is 0.0125. The van der Waals surface area contributed by atoms with Gasteiger partial charge in [-0.15, -0.1) is 0 Å². The van der Waals surface area contributed by atoms with E-state index in [2.05, 4.69) is 0 Å². The minimum absolute atomic E-state index is 0.0602. The fourth-order valence-corrected chi connectivity index (χ4v) is 1.48. The Morgan fingerprint density at radius 1 is 1.31 bits per heavy atom. The Kier molecular flexibility index (Phi) is 4.44. The van der Waals surface area contributed by atoms with E-state index >= 15 is 0 Å². The number of nitrogens with two attached hydrogens (primary N) is 1. The van der Waals surface area contributed by atoms with Crippen molar-refractivity contribution in [1.82, 2.24) is 0 Å². The van der Waals surface area contributed by atoms with Crippen LogP contribution in [0.15, 0.2) is 24.3 Å². The molecule has 1 unspecified atom stereocenters. The summed E-state index contributed by atoms with van der Waals surface area (Å²) in [6, 6.07) is 6.29. The Morgan fingerprint density at radius 2 is 1.88 bits per heavy atom. The maximum atomic E-state index is 12.7. The molecule has 0 aliphatic rings. The highest BCUT2D eigenvalue weighted by atomic mass is 19.1. The van der Waals surface area contributed by atoms with E-state index in [1.54, 1.807) is 19.2 Å². The number of halogens is 1. The summed E-state index contributed by atoms with van der Waals surface area (Å²) < 4.78 is 18.0. The van der Waals surface area contributed by atoms with Crippen molar-refractivity contribution < 1.29 is 9.13 Å². The predicted octanol–water partition coefficient (Wildman–Crippen LogP) is 3.03. The molecule has 16 heavy (non-hydrogen) atoms. The third-order valence-electron chi connectivity index (χ3n) is 2.91. The molecule has 3 heteroatoms. The van der Waals surface area contributed by atoms with E-state index < -0.39 is 0 Å². The van der Waals surface area contributed by atoms with Crippen LogP contribution in [0, 0.1) is 5.82 Å². The maximum absolute atomic E-state index is 12.7. The zero-order chi connectivity index (χ0) is 12.2. The molecule has 1 aromatic carbocycles. The topological polar surface area (TPSA) is 35.2 Å². The molecule has 0 aliphatic heterocycles. The number of hydrogen-bond donors (Lipinski definition) is 1. The number of methoxy groups -OCH3 is 1. The smallest absolute Gasteiger partial charge is 0.123 e. The lowest BCUT2D eigenvalue weighted by Gasteiger charge is -2.24. The normalized spacial score (nSPS) is 13.8. The Bertz CT molecular complexity index is 321. The fourth-order valence-electron chi connectivity index (χ4n) is 1.48. The fraction of sp³-hybridized carbons (Fsp3) is 0.538. The van der Waals surface area contributed by atoms with E-state index in [4.69, 9.17) is 10.5 Å². The molecule has 90 valence electrons. The average molecular weight is 225 g/mol. The van der Waals surface area contributed by atoms with E-state index in [0.717, 1.165) is 18.4 Å². The first kappa shape index (κ1) is 13.1. The predicted molar refractivity (Wildman–Crippen MR) is 63.7 cm³/mol. The van der Waals surface area contributed by atoms with Crippen LogP contribution in [0.4, 0.5) is 4.39 Å². The van der Waals surface area contributed by atoms with Gasteiger partial charge in [-0.05, 0) is 44.4 Å². The van der Waals surface area contributed by atoms with Gasteiger partial charge in [0.05, 0.1) is 5.60 Å². The molecule has 1 rings (SSSR count). The van der Waals surface area contributed by atoms with Crippen LogP contribution >= 0.6 is 0 Å². The highest BCUT2D eigenvalue weighted by Gasteiger charge is 2.18. The lowest BCUT2D eigenvalue weighted by atomic mass is 9.95. The van der Waals surface area contributed by atoms with Crippen LogP contribution in [0.5, 0.6) is 0 Å². The van der Waals surface area contributed by atoms with E-state index in [1.807, 2.05) is 13.8 Å². The van der Waals surface area contributed by atoms with Crippen molar-refractivity contribution in [2.75, 3.05) is 7.11 Å². The standard InChI is InChI=1S/C13H20FNO/c1-13(2,16-3)9-8-12(15)10-4-6-11(14)7-5-10/h4-7,12H,8-9,15H2,1-3H3. The number of hydrogen-bond acceptors (Lipinski definition) is 2. The number of ether oxygens (including phenoxy) is 1. The molecule has 0 amide bonds. The molecule has 0 bridgehead atoms. The van der Waals surface area contributed by atoms with Gasteiger partial charge in [-0.2, -0.15) is 0 Å². The minimum Gasteiger partial charge on any atom is -0.379 e. The first-order valence-electron chi connectivity index (χ1n) is 5.51. The maximum Gasteiger partial charge on any atom is 0.123 e. The zero-order valence-corrected chi connectivity index (χ0v) is 10.2. The molecule has 0 spiro atoms. The molecule has 2 N–H and O–H groups in total. The number of benzene rings is 1. The van der Waals surface area contributed by atoms with Crippen molar-refractivity contribution >= 4 is 0 Å². The molecule has 0 fully saturated rings. The summed E-state index contributed by atoms with van der Waals surface area (Å²) >= 11 is 0. The first-order valence-corrected chi connectivity index (χ1v) is 5.51. The third kappa shape index (κ3) is 3.91. The van der Waals surface area contributed by atoms with Crippen LogP contribution in [0.25, 0.3) is 0 Å². The molecule has 1 atom stereocenters. The molecule has 0 aromatic heterocycles. The van der Waals surface area contributed by atoms with Crippen molar-refractivity contribution in [2.45, 2.75) is 38.3 Å². The van der Waals surface area contributed by atoms with Crippen molar-refractivity contribution in [3.05, 3.63) is 35.6 Å². The summed E-state index contributed by atoms with van der Waals surface area (Å²) in [5.74, 6) is -0.229. The Labute approximate surface area is 96.6 Å². The molecule has 1 aromatic rings. The van der Waals surface area contributed by atoms with Gasteiger partial charge in [0.1, 0.15) is 5.82 Å². The van der Waals surface area contributed by atoms with Gasteiger partial charge in [-0.3, -0.25) is 0 Å². The van der Waals surface area contributed by atoms with Gasteiger partial charge in [-0.25, -0.2) is 4.39 Å². The Balaban J connectivity index is 2.53. The van der Waals surface area contributed by atoms with Crippen LogP contribution in [0.3, 0.4) is 0 Å². The van der Waals surface area contributed by atoms with Gasteiger partial charge in [0.2, 0.25) is 0 Å².